The van der Waals surface area contributed by atoms with Crippen molar-refractivity contribution in [1.82, 2.24) is 14.8 Å². The van der Waals surface area contributed by atoms with Crippen LogP contribution < -0.4 is 0 Å². The fourth-order valence-corrected chi connectivity index (χ4v) is 5.54. The lowest BCUT2D eigenvalue weighted by Gasteiger charge is -2.34. The molecule has 4 nitrogen and oxygen atoms in total. The smallest absolute Gasteiger partial charge is 0.223 e. The highest BCUT2D eigenvalue weighted by atomic mass is 32.1. The first-order chi connectivity index (χ1) is 13.8. The maximum absolute atomic E-state index is 12.8. The van der Waals surface area contributed by atoms with E-state index in [2.05, 4.69) is 52.3 Å². The Morgan fingerprint density at radius 2 is 1.82 bits per heavy atom. The van der Waals surface area contributed by atoms with Crippen molar-refractivity contribution >= 4 is 27.5 Å². The summed E-state index contributed by atoms with van der Waals surface area (Å²) in [6.45, 7) is 4.42. The molecule has 28 heavy (non-hydrogen) atoms. The maximum Gasteiger partial charge on any atom is 0.223 e. The third-order valence-electron chi connectivity index (χ3n) is 6.10. The summed E-state index contributed by atoms with van der Waals surface area (Å²) in [5.41, 5.74) is 3.92. The van der Waals surface area contributed by atoms with Crippen molar-refractivity contribution < 1.29 is 4.79 Å². The number of amides is 1. The Kier molecular flexibility index (Phi) is 4.87. The van der Waals surface area contributed by atoms with E-state index in [4.69, 9.17) is 4.98 Å². The van der Waals surface area contributed by atoms with Crippen LogP contribution >= 0.6 is 11.3 Å². The standard InChI is InChI=1S/C23H25N3OS/c27-23(15-18-10-9-17-5-1-2-6-19(17)18)26-13-11-25(12-14-26)16-22-24-20-7-3-4-8-21(20)28-22/h1-8,18H,9-16H2. The van der Waals surface area contributed by atoms with Crippen LogP contribution in [0.4, 0.5) is 0 Å². The molecule has 1 saturated heterocycles. The third-order valence-corrected chi connectivity index (χ3v) is 7.12. The van der Waals surface area contributed by atoms with Crippen molar-refractivity contribution in [3.63, 3.8) is 0 Å². The van der Waals surface area contributed by atoms with Gasteiger partial charge >= 0.3 is 0 Å². The van der Waals surface area contributed by atoms with Crippen LogP contribution in [0.2, 0.25) is 0 Å². The highest BCUT2D eigenvalue weighted by molar-refractivity contribution is 7.18. The van der Waals surface area contributed by atoms with Crippen LogP contribution in [-0.4, -0.2) is 46.9 Å². The molecule has 0 spiro atoms. The number of rotatable bonds is 4. The first-order valence-corrected chi connectivity index (χ1v) is 11.0. The number of carbonyl (C=O) groups excluding carboxylic acids is 1. The number of aryl methyl sites for hydroxylation is 1. The van der Waals surface area contributed by atoms with Crippen molar-refractivity contribution in [1.29, 1.82) is 0 Å². The van der Waals surface area contributed by atoms with Gasteiger partial charge in [-0.2, -0.15) is 0 Å². The van der Waals surface area contributed by atoms with Crippen LogP contribution in [0, 0.1) is 0 Å². The van der Waals surface area contributed by atoms with Crippen LogP contribution in [0.25, 0.3) is 10.2 Å². The Morgan fingerprint density at radius 1 is 1.04 bits per heavy atom. The fraction of sp³-hybridized carbons (Fsp3) is 0.391. The van der Waals surface area contributed by atoms with Crippen LogP contribution in [0.3, 0.4) is 0 Å². The molecule has 3 aromatic rings. The number of benzene rings is 2. The molecule has 1 aromatic heterocycles. The summed E-state index contributed by atoms with van der Waals surface area (Å²) in [7, 11) is 0. The van der Waals surface area contributed by atoms with Gasteiger partial charge in [0.05, 0.1) is 16.8 Å². The zero-order valence-corrected chi connectivity index (χ0v) is 16.8. The molecule has 1 amide bonds. The number of aromatic nitrogens is 1. The monoisotopic (exact) mass is 391 g/mol. The molecule has 0 N–H and O–H groups in total. The molecular weight excluding hydrogens is 366 g/mol. The third kappa shape index (κ3) is 3.56. The number of carbonyl (C=O) groups is 1. The minimum Gasteiger partial charge on any atom is -0.340 e. The Labute approximate surface area is 169 Å². The topological polar surface area (TPSA) is 36.4 Å². The van der Waals surface area contributed by atoms with Crippen LogP contribution in [0.5, 0.6) is 0 Å². The van der Waals surface area contributed by atoms with Gasteiger partial charge in [0.15, 0.2) is 0 Å². The summed E-state index contributed by atoms with van der Waals surface area (Å²) in [6.07, 6.45) is 2.89. The van der Waals surface area contributed by atoms with E-state index in [0.29, 0.717) is 18.2 Å². The van der Waals surface area contributed by atoms with Crippen LogP contribution in [0.15, 0.2) is 48.5 Å². The minimum atomic E-state index is 0.321. The SMILES string of the molecule is O=C(CC1CCc2ccccc21)N1CCN(Cc2nc3ccccc3s2)CC1. The lowest BCUT2D eigenvalue weighted by Crippen LogP contribution is -2.48. The molecule has 5 rings (SSSR count). The Balaban J connectivity index is 1.15. The van der Waals surface area contributed by atoms with E-state index in [-0.39, 0.29) is 0 Å². The second-order valence-corrected chi connectivity index (χ2v) is 8.99. The second-order valence-electron chi connectivity index (χ2n) is 7.87. The summed E-state index contributed by atoms with van der Waals surface area (Å²) >= 11 is 1.78. The number of piperazine rings is 1. The molecule has 144 valence electrons. The van der Waals surface area contributed by atoms with Gasteiger partial charge in [-0.05, 0) is 42.0 Å². The van der Waals surface area contributed by atoms with E-state index in [0.717, 1.165) is 51.1 Å². The molecule has 1 aliphatic heterocycles. The van der Waals surface area contributed by atoms with Gasteiger partial charge in [-0.3, -0.25) is 9.69 Å². The molecular formula is C23H25N3OS. The average molecular weight is 392 g/mol. The molecule has 1 atom stereocenters. The molecule has 0 radical (unpaired) electrons. The van der Waals surface area contributed by atoms with Gasteiger partial charge in [-0.25, -0.2) is 4.98 Å². The summed E-state index contributed by atoms with van der Waals surface area (Å²) in [4.78, 5) is 22.1. The molecule has 2 heterocycles. The Hall–Kier alpha value is -2.24. The predicted molar refractivity (Wildman–Crippen MR) is 114 cm³/mol. The average Bonchev–Trinajstić information content (AvgIpc) is 3.32. The highest BCUT2D eigenvalue weighted by Gasteiger charge is 2.28. The van der Waals surface area contributed by atoms with Crippen molar-refractivity contribution in [2.24, 2.45) is 0 Å². The second kappa shape index (κ2) is 7.64. The largest absolute Gasteiger partial charge is 0.340 e. The van der Waals surface area contributed by atoms with Gasteiger partial charge in [0.2, 0.25) is 5.91 Å². The summed E-state index contributed by atoms with van der Waals surface area (Å²) < 4.78 is 1.25. The lowest BCUT2D eigenvalue weighted by atomic mass is 9.97. The van der Waals surface area contributed by atoms with Crippen molar-refractivity contribution in [2.45, 2.75) is 31.7 Å². The number of para-hydroxylation sites is 1. The first kappa shape index (κ1) is 17.8. The molecule has 5 heteroatoms. The highest BCUT2D eigenvalue weighted by Crippen LogP contribution is 2.35. The van der Waals surface area contributed by atoms with Gasteiger partial charge in [0.25, 0.3) is 0 Å². The van der Waals surface area contributed by atoms with Gasteiger partial charge in [-0.15, -0.1) is 11.3 Å². The van der Waals surface area contributed by atoms with Crippen molar-refractivity contribution in [3.8, 4) is 0 Å². The molecule has 0 saturated carbocycles. The van der Waals surface area contributed by atoms with Gasteiger partial charge in [-0.1, -0.05) is 36.4 Å². The molecule has 2 aromatic carbocycles. The summed E-state index contributed by atoms with van der Waals surface area (Å²) in [5.74, 6) is 0.728. The van der Waals surface area contributed by atoms with Crippen molar-refractivity contribution in [2.75, 3.05) is 26.2 Å². The van der Waals surface area contributed by atoms with Gasteiger partial charge in [0, 0.05) is 32.6 Å². The fourth-order valence-electron chi connectivity index (χ4n) is 4.53. The zero-order chi connectivity index (χ0) is 18.9. The van der Waals surface area contributed by atoms with E-state index in [1.807, 2.05) is 6.07 Å². The normalized spacial score (nSPS) is 19.9. The molecule has 1 aliphatic carbocycles. The van der Waals surface area contributed by atoms with E-state index < -0.39 is 0 Å². The maximum atomic E-state index is 12.8. The van der Waals surface area contributed by atoms with E-state index in [1.165, 1.54) is 20.8 Å². The number of nitrogens with zero attached hydrogens (tertiary/aromatic N) is 3. The minimum absolute atomic E-state index is 0.321. The van der Waals surface area contributed by atoms with E-state index in [9.17, 15) is 4.79 Å². The van der Waals surface area contributed by atoms with Gasteiger partial charge in [0.1, 0.15) is 5.01 Å². The first-order valence-electron chi connectivity index (χ1n) is 10.2. The van der Waals surface area contributed by atoms with Crippen LogP contribution in [0.1, 0.15) is 34.9 Å². The number of hydrogen-bond acceptors (Lipinski definition) is 4. The molecule has 1 fully saturated rings. The van der Waals surface area contributed by atoms with E-state index >= 15 is 0 Å². The van der Waals surface area contributed by atoms with Crippen molar-refractivity contribution in [3.05, 3.63) is 64.7 Å². The zero-order valence-electron chi connectivity index (χ0n) is 16.0. The lowest BCUT2D eigenvalue weighted by molar-refractivity contribution is -0.133. The number of fused-ring (bicyclic) bond motifs is 2. The number of hydrogen-bond donors (Lipinski definition) is 0. The quantitative estimate of drug-likeness (QED) is 0.673. The molecule has 0 bridgehead atoms. The number of thiazole rings is 1. The van der Waals surface area contributed by atoms with Crippen LogP contribution in [-0.2, 0) is 17.8 Å². The Bertz CT molecular complexity index is 957. The summed E-state index contributed by atoms with van der Waals surface area (Å²) in [6, 6.07) is 16.9. The Morgan fingerprint density at radius 3 is 2.68 bits per heavy atom. The molecule has 2 aliphatic rings. The van der Waals surface area contributed by atoms with E-state index in [1.54, 1.807) is 11.3 Å². The predicted octanol–water partition coefficient (Wildman–Crippen LogP) is 4.06. The van der Waals surface area contributed by atoms with Gasteiger partial charge < -0.3 is 4.90 Å². The summed E-state index contributed by atoms with van der Waals surface area (Å²) in [5, 5.41) is 1.17. The molecule has 1 unspecified atom stereocenters.